The molecule has 0 amide bonds. The second-order valence-corrected chi connectivity index (χ2v) is 16.8. The lowest BCUT2D eigenvalue weighted by atomic mass is 9.88. The van der Waals surface area contributed by atoms with Gasteiger partial charge in [-0.05, 0) is 108 Å². The van der Waals surface area contributed by atoms with E-state index in [4.69, 9.17) is 14.2 Å². The van der Waals surface area contributed by atoms with E-state index >= 15 is 0 Å². The van der Waals surface area contributed by atoms with Crippen molar-refractivity contribution in [3.63, 3.8) is 0 Å². The van der Waals surface area contributed by atoms with Gasteiger partial charge in [-0.3, -0.25) is 0 Å². The number of methoxy groups -OCH3 is 1. The van der Waals surface area contributed by atoms with Gasteiger partial charge in [0.25, 0.3) is 0 Å². The SMILES string of the molecule is CO[C@@]1(c2ccc(C)c(Cc3ccc(SC)cc3)c2)O[C@H](CO)[C@@H](O)[C@H](O)[C@H]1P.CSc1ccc(Cc2cc([C@@H]3O[C@H](CO)[C@@H](O)[C@H](O)[C@H]3O)ccc2C)cc1. The van der Waals surface area contributed by atoms with Crippen LogP contribution in [-0.2, 0) is 32.8 Å². The number of hydrogen-bond acceptors (Lipinski definition) is 12. The van der Waals surface area contributed by atoms with Crippen LogP contribution in [0.4, 0.5) is 0 Å². The smallest absolute Gasteiger partial charge is 0.204 e. The van der Waals surface area contributed by atoms with Gasteiger partial charge in [-0.25, -0.2) is 0 Å². The van der Waals surface area contributed by atoms with E-state index < -0.39 is 73.5 Å². The molecule has 0 bridgehead atoms. The summed E-state index contributed by atoms with van der Waals surface area (Å²) in [6, 6.07) is 28.6. The summed E-state index contributed by atoms with van der Waals surface area (Å²) < 4.78 is 17.5. The highest BCUT2D eigenvalue weighted by Gasteiger charge is 2.53. The Labute approximate surface area is 340 Å². The van der Waals surface area contributed by atoms with E-state index in [0.717, 1.165) is 40.7 Å². The molecule has 2 heterocycles. The average molecular weight is 827 g/mol. The first kappa shape index (κ1) is 44.7. The Balaban J connectivity index is 0.000000215. The summed E-state index contributed by atoms with van der Waals surface area (Å²) in [5, 5.41) is 70.1. The number of ether oxygens (including phenoxy) is 3. The fourth-order valence-electron chi connectivity index (χ4n) is 7.18. The molecular formula is C43H55O10PS2. The van der Waals surface area contributed by atoms with Crippen LogP contribution in [0.5, 0.6) is 0 Å². The minimum Gasteiger partial charge on any atom is -0.394 e. The summed E-state index contributed by atoms with van der Waals surface area (Å²) in [5.41, 5.74) is 7.72. The molecule has 4 aromatic carbocycles. The lowest BCUT2D eigenvalue weighted by Gasteiger charge is -2.48. The van der Waals surface area contributed by atoms with Crippen molar-refractivity contribution >= 4 is 32.8 Å². The highest BCUT2D eigenvalue weighted by atomic mass is 32.2. The Kier molecular flexibility index (Phi) is 16.0. The van der Waals surface area contributed by atoms with Gasteiger partial charge in [0, 0.05) is 22.5 Å². The van der Waals surface area contributed by atoms with Gasteiger partial charge < -0.3 is 50.0 Å². The minimum atomic E-state index is -1.37. The van der Waals surface area contributed by atoms with Gasteiger partial charge >= 0.3 is 0 Å². The second-order valence-electron chi connectivity index (χ2n) is 14.3. The zero-order valence-corrected chi connectivity index (χ0v) is 35.1. The second kappa shape index (κ2) is 20.0. The summed E-state index contributed by atoms with van der Waals surface area (Å²) in [6.45, 7) is 3.25. The standard InChI is InChI=1S/C22H29O5PS.C21H26O5S/c1-13-4-7-16(11-15(13)10-14-5-8-17(29-3)9-6-14)22(26-2)21(28)20(25)19(24)18(12-23)27-22;1-12-3-6-14(21-20(25)19(24)18(23)17(11-22)26-21)10-15(12)9-13-4-7-16(27-2)8-5-13/h4-9,11,18-21,23-25H,10,12,28H2,1-3H3;3-8,10,17-25H,9,11H2,1-2H3/t18-,19-,20+,21-,22+;17-,18-,19+,20-,21+/m11/s1. The maximum Gasteiger partial charge on any atom is 0.204 e. The van der Waals surface area contributed by atoms with Crippen molar-refractivity contribution in [2.24, 2.45) is 0 Å². The molecule has 7 N–H and O–H groups in total. The van der Waals surface area contributed by atoms with Crippen molar-refractivity contribution in [2.75, 3.05) is 32.8 Å². The van der Waals surface area contributed by atoms with Gasteiger partial charge in [-0.1, -0.05) is 54.6 Å². The first-order valence-corrected chi connectivity index (χ1v) is 21.6. The lowest BCUT2D eigenvalue weighted by Crippen LogP contribution is -2.62. The van der Waals surface area contributed by atoms with Crippen LogP contribution in [0.15, 0.2) is 94.7 Å². The van der Waals surface area contributed by atoms with Crippen LogP contribution in [0.1, 0.15) is 50.6 Å². The number of benzene rings is 4. The zero-order chi connectivity index (χ0) is 40.7. The summed E-state index contributed by atoms with van der Waals surface area (Å²) in [5.74, 6) is -1.29. The predicted molar refractivity (Wildman–Crippen MR) is 223 cm³/mol. The Morgan fingerprint density at radius 2 is 1.14 bits per heavy atom. The number of rotatable bonds is 11. The van der Waals surface area contributed by atoms with E-state index in [9.17, 15) is 35.7 Å². The van der Waals surface area contributed by atoms with Gasteiger partial charge in [0.05, 0.1) is 25.0 Å². The molecule has 11 atom stereocenters. The normalized spacial score (nSPS) is 29.1. The van der Waals surface area contributed by atoms with Crippen LogP contribution < -0.4 is 0 Å². The molecule has 13 heteroatoms. The summed E-state index contributed by atoms with van der Waals surface area (Å²) in [7, 11) is 4.04. The molecule has 1 unspecified atom stereocenters. The van der Waals surface area contributed by atoms with E-state index in [1.165, 1.54) is 28.0 Å². The molecule has 2 aliphatic rings. The van der Waals surface area contributed by atoms with E-state index in [0.29, 0.717) is 5.56 Å². The highest BCUT2D eigenvalue weighted by molar-refractivity contribution is 7.98. The van der Waals surface area contributed by atoms with Crippen LogP contribution >= 0.6 is 32.8 Å². The first-order chi connectivity index (χ1) is 26.8. The molecule has 0 aliphatic carbocycles. The highest BCUT2D eigenvalue weighted by Crippen LogP contribution is 2.44. The van der Waals surface area contributed by atoms with Gasteiger partial charge in [-0.2, -0.15) is 0 Å². The van der Waals surface area contributed by atoms with E-state index in [-0.39, 0.29) is 0 Å². The molecule has 2 aliphatic heterocycles. The topological polar surface area (TPSA) is 169 Å². The maximum atomic E-state index is 10.5. The molecule has 0 spiro atoms. The molecule has 10 nitrogen and oxygen atoms in total. The molecule has 0 saturated carbocycles. The summed E-state index contributed by atoms with van der Waals surface area (Å²) >= 11 is 3.42. The first-order valence-electron chi connectivity index (χ1n) is 18.5. The number of aliphatic hydroxyl groups is 7. The Hall–Kier alpha value is -2.39. The van der Waals surface area contributed by atoms with Gasteiger partial charge in [0.2, 0.25) is 5.79 Å². The Morgan fingerprint density at radius 3 is 1.64 bits per heavy atom. The zero-order valence-electron chi connectivity index (χ0n) is 32.4. The molecule has 6 rings (SSSR count). The van der Waals surface area contributed by atoms with E-state index in [1.54, 1.807) is 23.5 Å². The van der Waals surface area contributed by atoms with Crippen LogP contribution in [0.2, 0.25) is 0 Å². The van der Waals surface area contributed by atoms with Crippen LogP contribution in [0.3, 0.4) is 0 Å². The molecule has 56 heavy (non-hydrogen) atoms. The maximum absolute atomic E-state index is 10.5. The quantitative estimate of drug-likeness (QED) is 0.0849. The third kappa shape index (κ3) is 9.89. The van der Waals surface area contributed by atoms with Crippen molar-refractivity contribution in [2.45, 2.75) is 96.8 Å². The molecule has 2 fully saturated rings. The lowest BCUT2D eigenvalue weighted by molar-refractivity contribution is -0.318. The van der Waals surface area contributed by atoms with E-state index in [2.05, 4.69) is 71.0 Å². The summed E-state index contributed by atoms with van der Waals surface area (Å²) in [6.07, 6.45) is -3.34. The van der Waals surface area contributed by atoms with Crippen molar-refractivity contribution in [3.05, 3.63) is 129 Å². The van der Waals surface area contributed by atoms with Gasteiger partial charge in [0.1, 0.15) is 42.7 Å². The number of thioether (sulfide) groups is 2. The largest absolute Gasteiger partial charge is 0.394 e. The molecule has 0 aromatic heterocycles. The minimum absolute atomic E-state index is 0.415. The van der Waals surface area contributed by atoms with Gasteiger partial charge in [0.15, 0.2) is 0 Å². The molecule has 0 radical (unpaired) electrons. The Morgan fingerprint density at radius 1 is 0.643 bits per heavy atom. The third-order valence-electron chi connectivity index (χ3n) is 10.8. The number of aryl methyl sites for hydroxylation is 2. The average Bonchev–Trinajstić information content (AvgIpc) is 3.22. The fourth-order valence-corrected chi connectivity index (χ4v) is 8.63. The Bertz CT molecular complexity index is 1860. The van der Waals surface area contributed by atoms with Gasteiger partial charge in [-0.15, -0.1) is 32.8 Å². The predicted octanol–water partition coefficient (Wildman–Crippen LogP) is 4.29. The molecular weight excluding hydrogens is 772 g/mol. The van der Waals surface area contributed by atoms with Crippen molar-refractivity contribution in [1.82, 2.24) is 0 Å². The summed E-state index contributed by atoms with van der Waals surface area (Å²) in [4.78, 5) is 2.44. The molecule has 4 aromatic rings. The van der Waals surface area contributed by atoms with Crippen LogP contribution in [0, 0.1) is 13.8 Å². The number of hydrogen-bond donors (Lipinski definition) is 7. The van der Waals surface area contributed by atoms with Crippen molar-refractivity contribution in [1.29, 1.82) is 0 Å². The third-order valence-corrected chi connectivity index (χ3v) is 13.1. The van der Waals surface area contributed by atoms with Crippen molar-refractivity contribution in [3.8, 4) is 0 Å². The van der Waals surface area contributed by atoms with Crippen LogP contribution in [-0.4, -0.2) is 117 Å². The fraction of sp³-hybridized carbons (Fsp3) is 0.442. The van der Waals surface area contributed by atoms with E-state index in [1.807, 2.05) is 49.6 Å². The van der Waals surface area contributed by atoms with Crippen molar-refractivity contribution < 1.29 is 50.0 Å². The monoisotopic (exact) mass is 826 g/mol. The molecule has 304 valence electrons. The van der Waals surface area contributed by atoms with Crippen LogP contribution in [0.25, 0.3) is 0 Å². The number of aliphatic hydroxyl groups excluding tert-OH is 7. The molecule has 2 saturated heterocycles.